The first kappa shape index (κ1) is 21.9. The van der Waals surface area contributed by atoms with E-state index in [0.29, 0.717) is 16.5 Å². The van der Waals surface area contributed by atoms with Gasteiger partial charge >= 0.3 is 12.0 Å². The third-order valence-corrected chi connectivity index (χ3v) is 7.36. The third kappa shape index (κ3) is 4.85. The maximum absolute atomic E-state index is 12.9. The molecule has 0 aliphatic carbocycles. The van der Waals surface area contributed by atoms with Crippen molar-refractivity contribution in [1.82, 2.24) is 4.90 Å². The number of rotatable bonds is 6. The van der Waals surface area contributed by atoms with Crippen LogP contribution in [0.3, 0.4) is 0 Å². The summed E-state index contributed by atoms with van der Waals surface area (Å²) in [6.45, 7) is 0.204. The van der Waals surface area contributed by atoms with Crippen molar-refractivity contribution in [2.75, 3.05) is 18.8 Å². The highest BCUT2D eigenvalue weighted by Crippen LogP contribution is 2.35. The average Bonchev–Trinajstić information content (AvgIpc) is 2.70. The minimum absolute atomic E-state index is 0.00362. The molecule has 0 bridgehead atoms. The fourth-order valence-electron chi connectivity index (χ4n) is 3.38. The monoisotopic (exact) mass is 452 g/mol. The number of carboxylic acid groups (broad SMARTS) is 1. The third-order valence-electron chi connectivity index (χ3n) is 5.18. The van der Waals surface area contributed by atoms with E-state index in [1.165, 1.54) is 29.2 Å². The van der Waals surface area contributed by atoms with Crippen LogP contribution in [0.1, 0.15) is 12.8 Å². The molecule has 0 unspecified atom stereocenters. The minimum Gasteiger partial charge on any atom is -0.481 e. The number of carbonyl (C=O) groups is 2. The maximum Gasteiger partial charge on any atom is 0.314 e. The normalized spacial score (nSPS) is 16.1. The summed E-state index contributed by atoms with van der Waals surface area (Å²) in [6.07, 6.45) is 0.0323. The van der Waals surface area contributed by atoms with Crippen LogP contribution >= 0.6 is 11.6 Å². The van der Waals surface area contributed by atoms with Crippen LogP contribution in [-0.4, -0.2) is 49.3 Å². The van der Waals surface area contributed by atoms with E-state index in [1.54, 1.807) is 24.3 Å². The molecule has 2 amide bonds. The Hall–Kier alpha value is -2.78. The topological polar surface area (TPSA) is 127 Å². The lowest BCUT2D eigenvalue weighted by Crippen LogP contribution is -2.50. The summed E-state index contributed by atoms with van der Waals surface area (Å²) in [4.78, 5) is 24.5. The van der Waals surface area contributed by atoms with E-state index in [0.717, 1.165) is 0 Å². The first-order chi connectivity index (χ1) is 14.1. The number of ether oxygens (including phenoxy) is 1. The number of primary amides is 1. The van der Waals surface area contributed by atoms with E-state index in [2.05, 4.69) is 0 Å². The lowest BCUT2D eigenvalue weighted by Gasteiger charge is -2.37. The lowest BCUT2D eigenvalue weighted by atomic mass is 9.80. The van der Waals surface area contributed by atoms with Crippen molar-refractivity contribution in [3.05, 3.63) is 53.6 Å². The van der Waals surface area contributed by atoms with Crippen LogP contribution in [0.5, 0.6) is 11.5 Å². The molecule has 0 aromatic heterocycles. The van der Waals surface area contributed by atoms with Crippen molar-refractivity contribution >= 4 is 33.4 Å². The minimum atomic E-state index is -3.88. The highest BCUT2D eigenvalue weighted by molar-refractivity contribution is 7.91. The van der Waals surface area contributed by atoms with Gasteiger partial charge in [-0.15, -0.1) is 0 Å². The second kappa shape index (κ2) is 8.53. The number of carbonyl (C=O) groups excluding carboxylic acids is 1. The molecule has 8 nitrogen and oxygen atoms in total. The van der Waals surface area contributed by atoms with Crippen LogP contribution in [-0.2, 0) is 14.6 Å². The molecule has 2 aromatic carbocycles. The second-order valence-corrected chi connectivity index (χ2v) is 9.62. The number of amides is 2. The van der Waals surface area contributed by atoms with Crippen LogP contribution < -0.4 is 10.5 Å². The van der Waals surface area contributed by atoms with E-state index < -0.39 is 33.0 Å². The predicted octanol–water partition coefficient (Wildman–Crippen LogP) is 3.15. The van der Waals surface area contributed by atoms with Gasteiger partial charge in [-0.05, 0) is 61.4 Å². The van der Waals surface area contributed by atoms with Gasteiger partial charge in [0.25, 0.3) is 0 Å². The molecule has 1 saturated heterocycles. The number of halogens is 1. The molecule has 0 atom stereocenters. The summed E-state index contributed by atoms with van der Waals surface area (Å²) in [5.74, 6) is -0.780. The Kier molecular flexibility index (Phi) is 6.23. The molecular weight excluding hydrogens is 432 g/mol. The Morgan fingerprint density at radius 3 is 2.00 bits per heavy atom. The second-order valence-electron chi connectivity index (χ2n) is 7.20. The van der Waals surface area contributed by atoms with E-state index >= 15 is 0 Å². The molecule has 0 radical (unpaired) electrons. The zero-order valence-electron chi connectivity index (χ0n) is 16.0. The standard InChI is InChI=1S/C20H21ClN2O6S/c21-14-1-3-15(4-2-14)29-16-5-7-17(8-6-16)30(27,28)13-20(18(24)25)9-11-23(12-10-20)19(22)26/h1-8H,9-13H2,(H2,22,26)(H,24,25). The first-order valence-electron chi connectivity index (χ1n) is 9.15. The Balaban J connectivity index is 1.74. The molecular formula is C20H21ClN2O6S. The number of piperidine rings is 1. The van der Waals surface area contributed by atoms with E-state index in [-0.39, 0.29) is 30.8 Å². The van der Waals surface area contributed by atoms with Crippen LogP contribution in [0.25, 0.3) is 0 Å². The quantitative estimate of drug-likeness (QED) is 0.693. The van der Waals surface area contributed by atoms with Gasteiger partial charge in [0.1, 0.15) is 11.5 Å². The van der Waals surface area contributed by atoms with Crippen molar-refractivity contribution < 1.29 is 27.9 Å². The number of aliphatic carboxylic acids is 1. The fourth-order valence-corrected chi connectivity index (χ4v) is 5.36. The number of hydrogen-bond acceptors (Lipinski definition) is 5. The highest BCUT2D eigenvalue weighted by atomic mass is 35.5. The Bertz CT molecular complexity index is 1030. The van der Waals surface area contributed by atoms with Crippen LogP contribution in [0.4, 0.5) is 4.79 Å². The average molecular weight is 453 g/mol. The zero-order chi connectivity index (χ0) is 21.9. The van der Waals surface area contributed by atoms with E-state index in [1.807, 2.05) is 0 Å². The Labute approximate surface area is 179 Å². The molecule has 0 saturated carbocycles. The van der Waals surface area contributed by atoms with Gasteiger partial charge in [-0.3, -0.25) is 4.79 Å². The summed E-state index contributed by atoms with van der Waals surface area (Å²) in [6, 6.07) is 11.8. The summed E-state index contributed by atoms with van der Waals surface area (Å²) in [7, 11) is -3.88. The molecule has 1 heterocycles. The number of hydrogen-bond donors (Lipinski definition) is 2. The maximum atomic E-state index is 12.9. The number of likely N-dealkylation sites (tertiary alicyclic amines) is 1. The number of nitrogens with zero attached hydrogens (tertiary/aromatic N) is 1. The summed E-state index contributed by atoms with van der Waals surface area (Å²) in [5, 5.41) is 10.3. The summed E-state index contributed by atoms with van der Waals surface area (Å²) >= 11 is 5.83. The molecule has 10 heteroatoms. The van der Waals surface area contributed by atoms with Crippen molar-refractivity contribution in [3.63, 3.8) is 0 Å². The first-order valence-corrected chi connectivity index (χ1v) is 11.2. The van der Waals surface area contributed by atoms with Crippen molar-refractivity contribution in [1.29, 1.82) is 0 Å². The largest absolute Gasteiger partial charge is 0.481 e. The number of urea groups is 1. The molecule has 2 aromatic rings. The summed E-state index contributed by atoms with van der Waals surface area (Å²) < 4.78 is 31.5. The lowest BCUT2D eigenvalue weighted by molar-refractivity contribution is -0.150. The van der Waals surface area contributed by atoms with Gasteiger partial charge < -0.3 is 20.5 Å². The smallest absolute Gasteiger partial charge is 0.314 e. The van der Waals surface area contributed by atoms with Gasteiger partial charge in [-0.25, -0.2) is 13.2 Å². The van der Waals surface area contributed by atoms with Crippen LogP contribution in [0.2, 0.25) is 5.02 Å². The predicted molar refractivity (Wildman–Crippen MR) is 110 cm³/mol. The van der Waals surface area contributed by atoms with Crippen LogP contribution in [0.15, 0.2) is 53.4 Å². The molecule has 1 fully saturated rings. The molecule has 3 N–H and O–H groups in total. The van der Waals surface area contributed by atoms with Crippen molar-refractivity contribution in [2.24, 2.45) is 11.1 Å². The van der Waals surface area contributed by atoms with Crippen molar-refractivity contribution in [3.8, 4) is 11.5 Å². The fraction of sp³-hybridized carbons (Fsp3) is 0.300. The molecule has 1 aliphatic heterocycles. The van der Waals surface area contributed by atoms with E-state index in [4.69, 9.17) is 22.1 Å². The SMILES string of the molecule is NC(=O)N1CCC(CS(=O)(=O)c2ccc(Oc3ccc(Cl)cc3)cc2)(C(=O)O)CC1. The van der Waals surface area contributed by atoms with Gasteiger partial charge in [0.2, 0.25) is 0 Å². The molecule has 1 aliphatic rings. The van der Waals surface area contributed by atoms with Gasteiger partial charge in [0.05, 0.1) is 16.1 Å². The number of nitrogens with two attached hydrogens (primary N) is 1. The van der Waals surface area contributed by atoms with Gasteiger partial charge in [0.15, 0.2) is 9.84 Å². The van der Waals surface area contributed by atoms with Gasteiger partial charge in [-0.2, -0.15) is 0 Å². The molecule has 0 spiro atoms. The summed E-state index contributed by atoms with van der Waals surface area (Å²) in [5.41, 5.74) is 3.76. The number of benzene rings is 2. The Morgan fingerprint density at radius 1 is 1.03 bits per heavy atom. The number of sulfone groups is 1. The molecule has 160 valence electrons. The van der Waals surface area contributed by atoms with Gasteiger partial charge in [0, 0.05) is 18.1 Å². The highest BCUT2D eigenvalue weighted by Gasteiger charge is 2.45. The zero-order valence-corrected chi connectivity index (χ0v) is 17.5. The van der Waals surface area contributed by atoms with Crippen molar-refractivity contribution in [2.45, 2.75) is 17.7 Å². The molecule has 30 heavy (non-hydrogen) atoms. The number of carboxylic acids is 1. The van der Waals surface area contributed by atoms with Gasteiger partial charge in [-0.1, -0.05) is 11.6 Å². The van der Waals surface area contributed by atoms with Crippen LogP contribution in [0, 0.1) is 5.41 Å². The molecule has 3 rings (SSSR count). The van der Waals surface area contributed by atoms with E-state index in [9.17, 15) is 23.1 Å². The Morgan fingerprint density at radius 2 is 1.53 bits per heavy atom.